The van der Waals surface area contributed by atoms with Gasteiger partial charge in [0.1, 0.15) is 0 Å². The molecule has 2 aromatic heterocycles. The van der Waals surface area contributed by atoms with Crippen LogP contribution in [0.5, 0.6) is 0 Å². The first-order chi connectivity index (χ1) is 10.3. The van der Waals surface area contributed by atoms with Gasteiger partial charge in [0.2, 0.25) is 0 Å². The lowest BCUT2D eigenvalue weighted by Gasteiger charge is -2.26. The number of fused-ring (bicyclic) bond motifs is 1. The Balaban J connectivity index is 1.86. The Morgan fingerprint density at radius 1 is 1.19 bits per heavy atom. The molecule has 2 nitrogen and oxygen atoms in total. The number of hydrogen-bond donors (Lipinski definition) is 1. The molecule has 1 atom stereocenters. The van der Waals surface area contributed by atoms with E-state index < -0.39 is 0 Å². The molecule has 3 heterocycles. The molecule has 0 radical (unpaired) electrons. The summed E-state index contributed by atoms with van der Waals surface area (Å²) in [7, 11) is 0. The van der Waals surface area contributed by atoms with Gasteiger partial charge in [-0.25, -0.2) is 0 Å². The van der Waals surface area contributed by atoms with E-state index in [0.717, 1.165) is 4.47 Å². The molecule has 1 aliphatic heterocycles. The van der Waals surface area contributed by atoms with Crippen LogP contribution in [-0.2, 0) is 0 Å². The number of rotatable bonds is 3. The van der Waals surface area contributed by atoms with Crippen molar-refractivity contribution in [1.29, 1.82) is 0 Å². The van der Waals surface area contributed by atoms with E-state index in [1.807, 2.05) is 11.3 Å². The zero-order valence-electron chi connectivity index (χ0n) is 11.7. The molecule has 0 bridgehead atoms. The fourth-order valence-corrected chi connectivity index (χ4v) is 4.55. The van der Waals surface area contributed by atoms with Crippen molar-refractivity contribution >= 4 is 38.2 Å². The third kappa shape index (κ3) is 2.45. The first-order valence-electron chi connectivity index (χ1n) is 7.37. The number of benzene rings is 1. The van der Waals surface area contributed by atoms with E-state index in [2.05, 4.69) is 67.7 Å². The Morgan fingerprint density at radius 2 is 2.05 bits per heavy atom. The minimum Gasteiger partial charge on any atom is -0.361 e. The topological polar surface area (TPSA) is 19.0 Å². The molecule has 108 valence electrons. The summed E-state index contributed by atoms with van der Waals surface area (Å²) >= 11 is 5.47. The van der Waals surface area contributed by atoms with Gasteiger partial charge in [0.05, 0.1) is 6.04 Å². The Labute approximate surface area is 136 Å². The van der Waals surface area contributed by atoms with Gasteiger partial charge in [0.25, 0.3) is 0 Å². The SMILES string of the molecule is Brc1ccc2[nH]cc(C(c3cccs3)N3CCCC3)c2c1. The lowest BCUT2D eigenvalue weighted by atomic mass is 10.0. The van der Waals surface area contributed by atoms with Gasteiger partial charge in [-0.15, -0.1) is 11.3 Å². The zero-order chi connectivity index (χ0) is 14.2. The van der Waals surface area contributed by atoms with E-state index in [9.17, 15) is 0 Å². The molecule has 21 heavy (non-hydrogen) atoms. The van der Waals surface area contributed by atoms with Crippen LogP contribution in [0, 0.1) is 0 Å². The second kappa shape index (κ2) is 5.59. The van der Waals surface area contributed by atoms with Crippen LogP contribution in [0.1, 0.15) is 29.3 Å². The predicted molar refractivity (Wildman–Crippen MR) is 93.0 cm³/mol. The highest BCUT2D eigenvalue weighted by Crippen LogP contribution is 2.38. The summed E-state index contributed by atoms with van der Waals surface area (Å²) in [5.74, 6) is 0. The van der Waals surface area contributed by atoms with Crippen molar-refractivity contribution in [2.45, 2.75) is 18.9 Å². The van der Waals surface area contributed by atoms with Crippen molar-refractivity contribution < 1.29 is 0 Å². The van der Waals surface area contributed by atoms with Gasteiger partial charge in [-0.05, 0) is 61.1 Å². The molecule has 1 fully saturated rings. The van der Waals surface area contributed by atoms with Gasteiger partial charge in [-0.2, -0.15) is 0 Å². The van der Waals surface area contributed by atoms with E-state index in [0.29, 0.717) is 6.04 Å². The highest BCUT2D eigenvalue weighted by atomic mass is 79.9. The second-order valence-corrected chi connectivity index (χ2v) is 7.49. The number of nitrogens with zero attached hydrogens (tertiary/aromatic N) is 1. The molecule has 0 amide bonds. The fraction of sp³-hybridized carbons (Fsp3) is 0.294. The summed E-state index contributed by atoms with van der Waals surface area (Å²) in [5, 5.41) is 3.51. The minimum atomic E-state index is 0.385. The largest absolute Gasteiger partial charge is 0.361 e. The number of hydrogen-bond acceptors (Lipinski definition) is 2. The minimum absolute atomic E-state index is 0.385. The number of thiophene rings is 1. The molecule has 1 aromatic carbocycles. The molecular weight excluding hydrogens is 344 g/mol. The maximum Gasteiger partial charge on any atom is 0.0716 e. The van der Waals surface area contributed by atoms with Gasteiger partial charge < -0.3 is 4.98 Å². The highest BCUT2D eigenvalue weighted by molar-refractivity contribution is 9.10. The summed E-state index contributed by atoms with van der Waals surface area (Å²) in [4.78, 5) is 7.50. The van der Waals surface area contributed by atoms with Gasteiger partial charge >= 0.3 is 0 Å². The number of aromatic amines is 1. The summed E-state index contributed by atoms with van der Waals surface area (Å²) in [5.41, 5.74) is 2.62. The Kier molecular flexibility index (Phi) is 3.61. The monoisotopic (exact) mass is 360 g/mol. The van der Waals surface area contributed by atoms with Gasteiger partial charge in [-0.1, -0.05) is 22.0 Å². The number of halogens is 1. The second-order valence-electron chi connectivity index (χ2n) is 5.59. The molecule has 0 saturated carbocycles. The smallest absolute Gasteiger partial charge is 0.0716 e. The number of nitrogens with one attached hydrogen (secondary N) is 1. The van der Waals surface area contributed by atoms with Gasteiger partial charge in [-0.3, -0.25) is 4.90 Å². The zero-order valence-corrected chi connectivity index (χ0v) is 14.1. The fourth-order valence-electron chi connectivity index (χ4n) is 3.32. The average Bonchev–Trinajstić information content (AvgIpc) is 3.22. The third-order valence-electron chi connectivity index (χ3n) is 4.29. The van der Waals surface area contributed by atoms with Gasteiger partial charge in [0, 0.05) is 26.4 Å². The van der Waals surface area contributed by atoms with Crippen molar-refractivity contribution in [2.75, 3.05) is 13.1 Å². The van der Waals surface area contributed by atoms with E-state index in [-0.39, 0.29) is 0 Å². The summed E-state index contributed by atoms with van der Waals surface area (Å²) < 4.78 is 1.14. The van der Waals surface area contributed by atoms with Crippen molar-refractivity contribution in [3.8, 4) is 0 Å². The van der Waals surface area contributed by atoms with E-state index >= 15 is 0 Å². The molecule has 0 spiro atoms. The Hall–Kier alpha value is -1.10. The van der Waals surface area contributed by atoms with Crippen LogP contribution in [-0.4, -0.2) is 23.0 Å². The molecule has 4 rings (SSSR count). The van der Waals surface area contributed by atoms with Crippen LogP contribution >= 0.6 is 27.3 Å². The van der Waals surface area contributed by atoms with Crippen LogP contribution in [0.15, 0.2) is 46.4 Å². The molecular formula is C17H17BrN2S. The number of likely N-dealkylation sites (tertiary alicyclic amines) is 1. The number of aromatic nitrogens is 1. The maximum atomic E-state index is 3.61. The molecule has 1 aliphatic rings. The van der Waals surface area contributed by atoms with E-state index in [1.54, 1.807) is 0 Å². The van der Waals surface area contributed by atoms with Crippen molar-refractivity contribution in [1.82, 2.24) is 9.88 Å². The number of H-pyrrole nitrogens is 1. The first kappa shape index (κ1) is 13.6. The molecule has 1 saturated heterocycles. The standard InChI is InChI=1S/C17H17BrN2S/c18-12-5-6-15-13(10-12)14(11-19-15)17(16-4-3-9-21-16)20-7-1-2-8-20/h3-6,9-11,17,19H,1-2,7-8H2. The first-order valence-corrected chi connectivity index (χ1v) is 9.04. The molecule has 4 heteroatoms. The van der Waals surface area contributed by atoms with Crippen LogP contribution in [0.3, 0.4) is 0 Å². The summed E-state index contributed by atoms with van der Waals surface area (Å²) in [6.45, 7) is 2.40. The van der Waals surface area contributed by atoms with Crippen molar-refractivity contribution in [3.05, 3.63) is 56.8 Å². The predicted octanol–water partition coefficient (Wildman–Crippen LogP) is 5.18. The lowest BCUT2D eigenvalue weighted by molar-refractivity contribution is 0.286. The Bertz CT molecular complexity index is 741. The van der Waals surface area contributed by atoms with E-state index in [4.69, 9.17) is 0 Å². The molecule has 1 unspecified atom stereocenters. The molecule has 0 aliphatic carbocycles. The van der Waals surface area contributed by atoms with Crippen molar-refractivity contribution in [2.24, 2.45) is 0 Å². The lowest BCUT2D eigenvalue weighted by Crippen LogP contribution is -2.25. The van der Waals surface area contributed by atoms with Gasteiger partial charge in [0.15, 0.2) is 0 Å². The van der Waals surface area contributed by atoms with Crippen molar-refractivity contribution in [3.63, 3.8) is 0 Å². The quantitative estimate of drug-likeness (QED) is 0.681. The normalized spacial score (nSPS) is 17.6. The Morgan fingerprint density at radius 3 is 2.81 bits per heavy atom. The van der Waals surface area contributed by atoms with Crippen LogP contribution in [0.2, 0.25) is 0 Å². The van der Waals surface area contributed by atoms with Crippen LogP contribution in [0.4, 0.5) is 0 Å². The van der Waals surface area contributed by atoms with Crippen LogP contribution < -0.4 is 0 Å². The molecule has 1 N–H and O–H groups in total. The highest BCUT2D eigenvalue weighted by Gasteiger charge is 2.27. The van der Waals surface area contributed by atoms with Crippen LogP contribution in [0.25, 0.3) is 10.9 Å². The summed E-state index contributed by atoms with van der Waals surface area (Å²) in [6.07, 6.45) is 4.82. The average molecular weight is 361 g/mol. The summed E-state index contributed by atoms with van der Waals surface area (Å²) in [6, 6.07) is 11.3. The third-order valence-corrected chi connectivity index (χ3v) is 5.71. The van der Waals surface area contributed by atoms with E-state index in [1.165, 1.54) is 47.3 Å². The maximum absolute atomic E-state index is 3.61. The molecule has 3 aromatic rings.